The number of unbranched alkanes of at least 4 members (excludes halogenated alkanes) is 2. The summed E-state index contributed by atoms with van der Waals surface area (Å²) in [6, 6.07) is 10.7. The lowest BCUT2D eigenvalue weighted by Crippen LogP contribution is -2.25. The van der Waals surface area contributed by atoms with Gasteiger partial charge in [0.25, 0.3) is 0 Å². The smallest absolute Gasteiger partial charge is 0.316 e. The lowest BCUT2D eigenvalue weighted by Gasteiger charge is -2.18. The van der Waals surface area contributed by atoms with Crippen molar-refractivity contribution in [1.82, 2.24) is 0 Å². The Morgan fingerprint density at radius 1 is 0.833 bits per heavy atom. The molecule has 0 unspecified atom stereocenters. The largest absolute Gasteiger partial charge is 0.493 e. The Kier molecular flexibility index (Phi) is 11.7. The third kappa shape index (κ3) is 8.85. The summed E-state index contributed by atoms with van der Waals surface area (Å²) in [5, 5.41) is 0. The van der Waals surface area contributed by atoms with Crippen LogP contribution >= 0.6 is 0 Å². The minimum absolute atomic E-state index is 0.149. The number of ether oxygens (including phenoxy) is 3. The van der Waals surface area contributed by atoms with Gasteiger partial charge in [-0.2, -0.15) is 0 Å². The van der Waals surface area contributed by atoms with Crippen molar-refractivity contribution in [3.8, 4) is 17.2 Å². The zero-order valence-electron chi connectivity index (χ0n) is 22.8. The van der Waals surface area contributed by atoms with E-state index in [9.17, 15) is 9.59 Å². The van der Waals surface area contributed by atoms with E-state index in [2.05, 4.69) is 26.8 Å². The molecule has 0 aromatic heterocycles. The number of carbonyl (C=O) groups is 2. The summed E-state index contributed by atoms with van der Waals surface area (Å²) in [5.41, 5.74) is 1.83. The normalized spacial score (nSPS) is 11.5. The molecule has 0 fully saturated rings. The third-order valence-corrected chi connectivity index (χ3v) is 5.62. The fourth-order valence-corrected chi connectivity index (χ4v) is 3.39. The minimum Gasteiger partial charge on any atom is -0.493 e. The van der Waals surface area contributed by atoms with E-state index in [1.165, 1.54) is 0 Å². The van der Waals surface area contributed by atoms with Crippen LogP contribution in [0.2, 0.25) is 0 Å². The van der Waals surface area contributed by atoms with Crippen LogP contribution in [0, 0.1) is 5.41 Å². The number of carbonyl (C=O) groups excluding carboxylic acids is 2. The Morgan fingerprint density at radius 2 is 1.47 bits per heavy atom. The molecule has 0 aliphatic heterocycles. The standard InChI is InChI=1S/C31H42O5/c1-7-10-21-34-28-20-15-24(12-9-3)29(35-22-11-8-2)26(28)18-19-27(32)23-13-16-25(17-14-23)36-30(33)31(4,5)6/h13-20H,7-12,21-22H2,1-6H3/b19-18+. The number of hydrogen-bond donors (Lipinski definition) is 0. The van der Waals surface area contributed by atoms with Crippen molar-refractivity contribution < 1.29 is 23.8 Å². The Labute approximate surface area is 216 Å². The first-order chi connectivity index (χ1) is 17.2. The number of allylic oxidation sites excluding steroid dienone is 1. The van der Waals surface area contributed by atoms with Gasteiger partial charge < -0.3 is 14.2 Å². The second-order valence-corrected chi connectivity index (χ2v) is 9.98. The van der Waals surface area contributed by atoms with Gasteiger partial charge in [0.1, 0.15) is 17.2 Å². The van der Waals surface area contributed by atoms with Crippen LogP contribution in [-0.2, 0) is 11.2 Å². The summed E-state index contributed by atoms with van der Waals surface area (Å²) in [6.07, 6.45) is 9.24. The van der Waals surface area contributed by atoms with Gasteiger partial charge in [-0.3, -0.25) is 9.59 Å². The molecule has 196 valence electrons. The van der Waals surface area contributed by atoms with E-state index in [4.69, 9.17) is 14.2 Å². The van der Waals surface area contributed by atoms with Gasteiger partial charge in [-0.05, 0) is 88.1 Å². The number of hydrogen-bond acceptors (Lipinski definition) is 5. The van der Waals surface area contributed by atoms with Gasteiger partial charge in [-0.15, -0.1) is 0 Å². The molecule has 0 aliphatic rings. The molecule has 0 bridgehead atoms. The Balaban J connectivity index is 2.32. The van der Waals surface area contributed by atoms with E-state index in [1.54, 1.807) is 57.2 Å². The maximum atomic E-state index is 13.0. The number of benzene rings is 2. The van der Waals surface area contributed by atoms with Gasteiger partial charge >= 0.3 is 5.97 Å². The maximum Gasteiger partial charge on any atom is 0.316 e. The zero-order valence-corrected chi connectivity index (χ0v) is 22.8. The first-order valence-corrected chi connectivity index (χ1v) is 13.2. The first-order valence-electron chi connectivity index (χ1n) is 13.2. The number of ketones is 1. The molecule has 0 atom stereocenters. The van der Waals surface area contributed by atoms with Crippen LogP contribution in [0.4, 0.5) is 0 Å². The number of esters is 1. The fraction of sp³-hybridized carbons (Fsp3) is 0.484. The summed E-state index contributed by atoms with van der Waals surface area (Å²) in [5.74, 6) is 1.47. The molecule has 0 saturated carbocycles. The highest BCUT2D eigenvalue weighted by atomic mass is 16.5. The van der Waals surface area contributed by atoms with E-state index >= 15 is 0 Å². The molecule has 0 spiro atoms. The van der Waals surface area contributed by atoms with Crippen LogP contribution in [0.5, 0.6) is 17.2 Å². The highest BCUT2D eigenvalue weighted by molar-refractivity contribution is 6.07. The molecule has 2 rings (SSSR count). The second-order valence-electron chi connectivity index (χ2n) is 9.98. The van der Waals surface area contributed by atoms with Crippen molar-refractivity contribution in [2.75, 3.05) is 13.2 Å². The van der Waals surface area contributed by atoms with Crippen molar-refractivity contribution in [2.24, 2.45) is 5.41 Å². The van der Waals surface area contributed by atoms with E-state index < -0.39 is 5.41 Å². The quantitative estimate of drug-likeness (QED) is 0.0880. The topological polar surface area (TPSA) is 61.8 Å². The molecular formula is C31H42O5. The monoisotopic (exact) mass is 494 g/mol. The molecule has 0 amide bonds. The van der Waals surface area contributed by atoms with Gasteiger partial charge in [-0.25, -0.2) is 0 Å². The average molecular weight is 495 g/mol. The van der Waals surface area contributed by atoms with Gasteiger partial charge in [-0.1, -0.05) is 46.1 Å². The van der Waals surface area contributed by atoms with Crippen molar-refractivity contribution in [2.45, 2.75) is 80.1 Å². The van der Waals surface area contributed by atoms with Gasteiger partial charge in [0.2, 0.25) is 0 Å². The Morgan fingerprint density at radius 3 is 2.06 bits per heavy atom. The summed E-state index contributed by atoms with van der Waals surface area (Å²) in [6.45, 7) is 13.0. The van der Waals surface area contributed by atoms with Crippen LogP contribution in [-0.4, -0.2) is 25.0 Å². The van der Waals surface area contributed by atoms with E-state index in [-0.39, 0.29) is 11.8 Å². The lowest BCUT2D eigenvalue weighted by atomic mass is 9.97. The Bertz CT molecular complexity index is 1010. The van der Waals surface area contributed by atoms with Crippen LogP contribution in [0.25, 0.3) is 6.08 Å². The minimum atomic E-state index is -0.600. The van der Waals surface area contributed by atoms with Crippen molar-refractivity contribution in [3.63, 3.8) is 0 Å². The van der Waals surface area contributed by atoms with Gasteiger partial charge in [0, 0.05) is 5.56 Å². The average Bonchev–Trinajstić information content (AvgIpc) is 2.84. The van der Waals surface area contributed by atoms with Crippen molar-refractivity contribution in [1.29, 1.82) is 0 Å². The molecule has 0 radical (unpaired) electrons. The predicted octanol–water partition coefficient (Wildman–Crippen LogP) is 7.84. The fourth-order valence-electron chi connectivity index (χ4n) is 3.39. The number of rotatable bonds is 14. The SMILES string of the molecule is CCCCOc1ccc(CCC)c(OCCCC)c1/C=C/C(=O)c1ccc(OC(=O)C(C)(C)C)cc1. The molecule has 5 heteroatoms. The number of aryl methyl sites for hydroxylation is 1. The predicted molar refractivity (Wildman–Crippen MR) is 146 cm³/mol. The lowest BCUT2D eigenvalue weighted by molar-refractivity contribution is -0.143. The first kappa shape index (κ1) is 29.2. The van der Waals surface area contributed by atoms with Crippen LogP contribution < -0.4 is 14.2 Å². The molecular weight excluding hydrogens is 452 g/mol. The van der Waals surface area contributed by atoms with E-state index in [0.717, 1.165) is 61.2 Å². The second kappa shape index (κ2) is 14.5. The highest BCUT2D eigenvalue weighted by Gasteiger charge is 2.23. The molecule has 0 saturated heterocycles. The van der Waals surface area contributed by atoms with E-state index in [0.29, 0.717) is 24.5 Å². The molecule has 0 heterocycles. The third-order valence-electron chi connectivity index (χ3n) is 5.62. The molecule has 5 nitrogen and oxygen atoms in total. The van der Waals surface area contributed by atoms with Crippen LogP contribution in [0.3, 0.4) is 0 Å². The van der Waals surface area contributed by atoms with Crippen molar-refractivity contribution in [3.05, 3.63) is 59.2 Å². The summed E-state index contributed by atoms with van der Waals surface area (Å²) >= 11 is 0. The maximum absolute atomic E-state index is 13.0. The van der Waals surface area contributed by atoms with Gasteiger partial charge in [0.05, 0.1) is 24.2 Å². The molecule has 36 heavy (non-hydrogen) atoms. The summed E-state index contributed by atoms with van der Waals surface area (Å²) < 4.78 is 17.7. The van der Waals surface area contributed by atoms with Crippen molar-refractivity contribution >= 4 is 17.8 Å². The summed E-state index contributed by atoms with van der Waals surface area (Å²) in [7, 11) is 0. The van der Waals surface area contributed by atoms with Crippen LogP contribution in [0.15, 0.2) is 42.5 Å². The van der Waals surface area contributed by atoms with Gasteiger partial charge in [0.15, 0.2) is 5.78 Å². The zero-order chi connectivity index (χ0) is 26.6. The molecule has 0 aliphatic carbocycles. The molecule has 0 N–H and O–H groups in total. The van der Waals surface area contributed by atoms with E-state index in [1.807, 2.05) is 6.07 Å². The highest BCUT2D eigenvalue weighted by Crippen LogP contribution is 2.35. The Hall–Kier alpha value is -3.08. The van der Waals surface area contributed by atoms with Crippen LogP contribution in [0.1, 0.15) is 95.1 Å². The molecule has 2 aromatic rings. The molecule has 2 aromatic carbocycles. The summed E-state index contributed by atoms with van der Waals surface area (Å²) in [4.78, 5) is 25.1.